The first-order valence-electron chi connectivity index (χ1n) is 7.38. The van der Waals surface area contributed by atoms with Crippen LogP contribution in [0.1, 0.15) is 41.0 Å². The number of nitrogens with two attached hydrogens (primary N) is 1. The average Bonchev–Trinajstić information content (AvgIpc) is 2.80. The van der Waals surface area contributed by atoms with E-state index in [2.05, 4.69) is 5.32 Å². The van der Waals surface area contributed by atoms with Gasteiger partial charge in [0.15, 0.2) is 0 Å². The van der Waals surface area contributed by atoms with Crippen LogP contribution in [0.3, 0.4) is 0 Å². The molecule has 4 atom stereocenters. The summed E-state index contributed by atoms with van der Waals surface area (Å²) in [6.07, 6.45) is 0.719. The van der Waals surface area contributed by atoms with Gasteiger partial charge in [-0.25, -0.2) is 4.79 Å². The molecule has 1 aliphatic carbocycles. The fraction of sp³-hybridized carbons (Fsp3) is 0.867. The van der Waals surface area contributed by atoms with Gasteiger partial charge < -0.3 is 20.9 Å². The maximum atomic E-state index is 12.7. The number of ether oxygens (including phenoxy) is 1. The number of aliphatic carboxylic acids is 1. The first-order chi connectivity index (χ1) is 9.44. The van der Waals surface area contributed by atoms with Gasteiger partial charge in [0.1, 0.15) is 11.6 Å². The number of rotatable bonds is 3. The number of hydrogen-bond acceptors (Lipinski definition) is 4. The Morgan fingerprint density at radius 3 is 2.43 bits per heavy atom. The molecule has 4 unspecified atom stereocenters. The minimum absolute atomic E-state index is 0.0221. The number of carbonyl (C=O) groups excluding carboxylic acids is 1. The van der Waals surface area contributed by atoms with Crippen LogP contribution in [0.2, 0.25) is 0 Å². The molecule has 0 aromatic heterocycles. The Bertz CT molecular complexity index is 469. The highest BCUT2D eigenvalue weighted by molar-refractivity contribution is 5.92. The van der Waals surface area contributed by atoms with E-state index in [9.17, 15) is 14.7 Å². The minimum Gasteiger partial charge on any atom is -0.480 e. The van der Waals surface area contributed by atoms with Crippen molar-refractivity contribution in [1.29, 1.82) is 0 Å². The monoisotopic (exact) mass is 298 g/mol. The maximum Gasteiger partial charge on any atom is 0.326 e. The van der Waals surface area contributed by atoms with Crippen molar-refractivity contribution >= 4 is 11.9 Å². The molecule has 1 heterocycles. The lowest BCUT2D eigenvalue weighted by molar-refractivity contribution is -0.177. The van der Waals surface area contributed by atoms with Crippen LogP contribution in [-0.2, 0) is 14.3 Å². The third-order valence-electron chi connectivity index (χ3n) is 5.22. The molecule has 1 saturated heterocycles. The van der Waals surface area contributed by atoms with Gasteiger partial charge in [-0.15, -0.1) is 0 Å². The van der Waals surface area contributed by atoms with Gasteiger partial charge in [-0.1, -0.05) is 34.6 Å². The fourth-order valence-electron chi connectivity index (χ4n) is 3.74. The normalized spacial score (nSPS) is 35.5. The predicted molar refractivity (Wildman–Crippen MR) is 77.6 cm³/mol. The van der Waals surface area contributed by atoms with Crippen molar-refractivity contribution in [2.45, 2.75) is 58.7 Å². The summed E-state index contributed by atoms with van der Waals surface area (Å²) in [4.78, 5) is 24.1. The SMILES string of the molecule is CC(C)(C)C(NC(=O)C1(N)C2CCOC2C1(C)C)C(=O)O. The second-order valence-corrected chi connectivity index (χ2v) is 7.89. The van der Waals surface area contributed by atoms with Crippen molar-refractivity contribution in [3.8, 4) is 0 Å². The molecule has 0 aromatic carbocycles. The van der Waals surface area contributed by atoms with Gasteiger partial charge in [-0.3, -0.25) is 4.79 Å². The van der Waals surface area contributed by atoms with Gasteiger partial charge >= 0.3 is 5.97 Å². The van der Waals surface area contributed by atoms with Crippen LogP contribution >= 0.6 is 0 Å². The molecule has 0 bridgehead atoms. The van der Waals surface area contributed by atoms with Gasteiger partial charge in [0.05, 0.1) is 6.10 Å². The maximum absolute atomic E-state index is 12.7. The Labute approximate surface area is 125 Å². The Morgan fingerprint density at radius 1 is 1.38 bits per heavy atom. The topological polar surface area (TPSA) is 102 Å². The van der Waals surface area contributed by atoms with Crippen LogP contribution in [-0.4, -0.2) is 41.3 Å². The van der Waals surface area contributed by atoms with Gasteiger partial charge in [0.25, 0.3) is 0 Å². The first kappa shape index (κ1) is 16.2. The highest BCUT2D eigenvalue weighted by Gasteiger charge is 2.71. The molecule has 2 rings (SSSR count). The number of carboxylic acids is 1. The first-order valence-corrected chi connectivity index (χ1v) is 7.38. The van der Waals surface area contributed by atoms with Crippen molar-refractivity contribution in [3.63, 3.8) is 0 Å². The van der Waals surface area contributed by atoms with Gasteiger partial charge in [0.2, 0.25) is 5.91 Å². The summed E-state index contributed by atoms with van der Waals surface area (Å²) in [5.41, 5.74) is 4.25. The quantitative estimate of drug-likeness (QED) is 0.713. The number of carboxylic acid groups (broad SMARTS) is 1. The van der Waals surface area contributed by atoms with Crippen LogP contribution in [0.25, 0.3) is 0 Å². The number of hydrogen-bond donors (Lipinski definition) is 3. The van der Waals surface area contributed by atoms with Crippen LogP contribution in [0.15, 0.2) is 0 Å². The minimum atomic E-state index is -1.08. The van der Waals surface area contributed by atoms with E-state index in [0.717, 1.165) is 6.42 Å². The molecule has 0 radical (unpaired) electrons. The summed E-state index contributed by atoms with van der Waals surface area (Å²) in [5, 5.41) is 12.0. The standard InChI is InChI=1S/C15H26N2O4/c1-13(2,3)9(11(18)19)17-12(20)15(16)8-6-7-21-10(8)14(15,4)5/h8-10H,6-7,16H2,1-5H3,(H,17,20)(H,18,19). The lowest BCUT2D eigenvalue weighted by atomic mass is 9.48. The zero-order valence-corrected chi connectivity index (χ0v) is 13.4. The molecule has 1 saturated carbocycles. The highest BCUT2D eigenvalue weighted by atomic mass is 16.5. The summed E-state index contributed by atoms with van der Waals surface area (Å²) in [5.74, 6) is -1.47. The van der Waals surface area contributed by atoms with E-state index in [1.807, 2.05) is 13.8 Å². The molecule has 120 valence electrons. The van der Waals surface area contributed by atoms with Crippen molar-refractivity contribution < 1.29 is 19.4 Å². The molecule has 6 nitrogen and oxygen atoms in total. The van der Waals surface area contributed by atoms with Crippen molar-refractivity contribution in [2.24, 2.45) is 22.5 Å². The lowest BCUT2D eigenvalue weighted by Gasteiger charge is -2.61. The van der Waals surface area contributed by atoms with Gasteiger partial charge in [-0.2, -0.15) is 0 Å². The molecule has 1 aliphatic heterocycles. The van der Waals surface area contributed by atoms with Crippen molar-refractivity contribution in [3.05, 3.63) is 0 Å². The lowest BCUT2D eigenvalue weighted by Crippen LogP contribution is -2.81. The smallest absolute Gasteiger partial charge is 0.326 e. The molecule has 1 amide bonds. The van der Waals surface area contributed by atoms with Gasteiger partial charge in [0, 0.05) is 17.9 Å². The number of fused-ring (bicyclic) bond motifs is 1. The third kappa shape index (κ3) is 2.16. The zero-order valence-electron chi connectivity index (χ0n) is 13.4. The Hall–Kier alpha value is -1.14. The zero-order chi connectivity index (χ0) is 16.2. The van der Waals surface area contributed by atoms with Crippen molar-refractivity contribution in [1.82, 2.24) is 5.32 Å². The summed E-state index contributed by atoms with van der Waals surface area (Å²) in [6, 6.07) is -0.970. The predicted octanol–water partition coefficient (Wildman–Crippen LogP) is 0.744. The molecule has 2 fully saturated rings. The average molecular weight is 298 g/mol. The molecule has 0 aromatic rings. The van der Waals surface area contributed by atoms with E-state index in [1.165, 1.54) is 0 Å². The van der Waals surface area contributed by atoms with E-state index in [0.29, 0.717) is 6.61 Å². The van der Waals surface area contributed by atoms with E-state index < -0.39 is 28.4 Å². The second kappa shape index (κ2) is 4.68. The Morgan fingerprint density at radius 2 is 1.95 bits per heavy atom. The largest absolute Gasteiger partial charge is 0.480 e. The second-order valence-electron chi connectivity index (χ2n) is 7.89. The number of amides is 1. The summed E-state index contributed by atoms with van der Waals surface area (Å²) < 4.78 is 5.66. The van der Waals surface area contributed by atoms with E-state index in [4.69, 9.17) is 10.5 Å². The van der Waals surface area contributed by atoms with Crippen molar-refractivity contribution in [2.75, 3.05) is 6.61 Å². The summed E-state index contributed by atoms with van der Waals surface area (Å²) in [7, 11) is 0. The third-order valence-corrected chi connectivity index (χ3v) is 5.22. The summed E-state index contributed by atoms with van der Waals surface area (Å²) >= 11 is 0. The highest BCUT2D eigenvalue weighted by Crippen LogP contribution is 2.58. The Kier molecular flexibility index (Phi) is 3.62. The van der Waals surface area contributed by atoms with Gasteiger partial charge in [-0.05, 0) is 11.8 Å². The molecular weight excluding hydrogens is 272 g/mol. The molecule has 4 N–H and O–H groups in total. The van der Waals surface area contributed by atoms with E-state index in [1.54, 1.807) is 20.8 Å². The summed E-state index contributed by atoms with van der Waals surface area (Å²) in [6.45, 7) is 9.76. The molecule has 21 heavy (non-hydrogen) atoms. The van der Waals surface area contributed by atoms with Crippen LogP contribution < -0.4 is 11.1 Å². The molecule has 0 spiro atoms. The number of nitrogens with one attached hydrogen (secondary N) is 1. The van der Waals surface area contributed by atoms with E-state index >= 15 is 0 Å². The Balaban J connectivity index is 2.22. The molecule has 6 heteroatoms. The van der Waals surface area contributed by atoms with Crippen LogP contribution in [0.5, 0.6) is 0 Å². The molecule has 2 aliphatic rings. The van der Waals surface area contributed by atoms with E-state index in [-0.39, 0.29) is 17.9 Å². The van der Waals surface area contributed by atoms with Crippen LogP contribution in [0.4, 0.5) is 0 Å². The molecular formula is C15H26N2O4. The number of carbonyl (C=O) groups is 2. The fourth-order valence-corrected chi connectivity index (χ4v) is 3.74. The van der Waals surface area contributed by atoms with Crippen LogP contribution in [0, 0.1) is 16.7 Å².